The third kappa shape index (κ3) is 3.90. The second-order valence-electron chi connectivity index (χ2n) is 4.14. The fourth-order valence-corrected chi connectivity index (χ4v) is 1.62. The van der Waals surface area contributed by atoms with Crippen LogP contribution in [0.3, 0.4) is 0 Å². The van der Waals surface area contributed by atoms with Crippen molar-refractivity contribution in [2.75, 3.05) is 5.32 Å². The first-order chi connectivity index (χ1) is 10.1. The zero-order valence-corrected chi connectivity index (χ0v) is 10.9. The van der Waals surface area contributed by atoms with Crippen molar-refractivity contribution in [2.45, 2.75) is 0 Å². The first-order valence-corrected chi connectivity index (χ1v) is 6.01. The third-order valence-electron chi connectivity index (χ3n) is 2.63. The van der Waals surface area contributed by atoms with Gasteiger partial charge in [-0.3, -0.25) is 9.78 Å². The van der Waals surface area contributed by atoms with E-state index in [-0.39, 0.29) is 11.3 Å². The molecule has 1 aromatic heterocycles. The first kappa shape index (κ1) is 14.3. The molecule has 106 valence electrons. The van der Waals surface area contributed by atoms with E-state index in [1.54, 1.807) is 24.3 Å². The lowest BCUT2D eigenvalue weighted by Crippen LogP contribution is -2.12. The number of aromatic hydroxyl groups is 1. The predicted octanol–water partition coefficient (Wildman–Crippen LogP) is 2.14. The molecule has 0 atom stereocenters. The van der Waals surface area contributed by atoms with E-state index in [0.29, 0.717) is 11.3 Å². The Kier molecular flexibility index (Phi) is 4.30. The minimum Gasteiger partial charge on any atom is -0.505 e. The topological polar surface area (TPSA) is 99.5 Å². The highest BCUT2D eigenvalue weighted by atomic mass is 16.4. The number of aromatic nitrogens is 1. The van der Waals surface area contributed by atoms with Gasteiger partial charge in [0.25, 0.3) is 5.91 Å². The van der Waals surface area contributed by atoms with Crippen LogP contribution in [0.15, 0.2) is 48.8 Å². The zero-order chi connectivity index (χ0) is 15.2. The minimum atomic E-state index is -1.03. The molecule has 0 spiro atoms. The average molecular weight is 284 g/mol. The molecule has 0 unspecified atom stereocenters. The number of hydrogen-bond acceptors (Lipinski definition) is 4. The number of aliphatic carboxylic acids is 1. The molecular formula is C15H12N2O4. The van der Waals surface area contributed by atoms with Crippen LogP contribution in [0.25, 0.3) is 6.08 Å². The molecule has 6 nitrogen and oxygen atoms in total. The molecule has 0 saturated carbocycles. The fraction of sp³-hybridized carbons (Fsp3) is 0. The third-order valence-corrected chi connectivity index (χ3v) is 2.63. The molecule has 0 aliphatic rings. The number of nitrogens with zero attached hydrogens (tertiary/aromatic N) is 1. The lowest BCUT2D eigenvalue weighted by molar-refractivity contribution is -0.131. The molecule has 3 N–H and O–H groups in total. The molecule has 6 heteroatoms. The highest BCUT2D eigenvalue weighted by Crippen LogP contribution is 2.17. The van der Waals surface area contributed by atoms with Crippen molar-refractivity contribution in [1.29, 1.82) is 0 Å². The molecule has 0 fully saturated rings. The van der Waals surface area contributed by atoms with E-state index in [0.717, 1.165) is 6.08 Å². The van der Waals surface area contributed by atoms with Crippen LogP contribution in [0, 0.1) is 0 Å². The number of carboxylic acids is 1. The van der Waals surface area contributed by atoms with E-state index >= 15 is 0 Å². The molecule has 0 bridgehead atoms. The van der Waals surface area contributed by atoms with Crippen LogP contribution in [0.2, 0.25) is 0 Å². The molecule has 2 rings (SSSR count). The van der Waals surface area contributed by atoms with E-state index < -0.39 is 11.9 Å². The van der Waals surface area contributed by atoms with E-state index in [4.69, 9.17) is 5.11 Å². The van der Waals surface area contributed by atoms with Crippen LogP contribution in [0.4, 0.5) is 5.69 Å². The standard InChI is InChI=1S/C15H12N2O4/c18-13-9-16-8-7-12(13)15(21)17-11-4-1-10(2-5-11)3-6-14(19)20/h1-9,18H,(H,17,21)(H,19,20)/b6-3+. The number of amides is 1. The van der Waals surface area contributed by atoms with Crippen LogP contribution >= 0.6 is 0 Å². The summed E-state index contributed by atoms with van der Waals surface area (Å²) in [7, 11) is 0. The normalized spacial score (nSPS) is 10.5. The number of carbonyl (C=O) groups excluding carboxylic acids is 1. The Balaban J connectivity index is 2.09. The number of carbonyl (C=O) groups is 2. The molecule has 0 saturated heterocycles. The number of anilines is 1. The lowest BCUT2D eigenvalue weighted by Gasteiger charge is -2.06. The Hall–Kier alpha value is -3.15. The highest BCUT2D eigenvalue weighted by Gasteiger charge is 2.10. The van der Waals surface area contributed by atoms with Gasteiger partial charge >= 0.3 is 5.97 Å². The molecule has 21 heavy (non-hydrogen) atoms. The van der Waals surface area contributed by atoms with Gasteiger partial charge < -0.3 is 15.5 Å². The maximum Gasteiger partial charge on any atom is 0.328 e. The van der Waals surface area contributed by atoms with Gasteiger partial charge in [0.05, 0.1) is 11.8 Å². The molecule has 1 amide bonds. The second-order valence-corrected chi connectivity index (χ2v) is 4.14. The summed E-state index contributed by atoms with van der Waals surface area (Å²) < 4.78 is 0. The zero-order valence-electron chi connectivity index (χ0n) is 10.9. The van der Waals surface area contributed by atoms with Crippen LogP contribution < -0.4 is 5.32 Å². The number of nitrogens with one attached hydrogen (secondary N) is 1. The van der Waals surface area contributed by atoms with Crippen LogP contribution in [0.1, 0.15) is 15.9 Å². The predicted molar refractivity (Wildman–Crippen MR) is 77.0 cm³/mol. The van der Waals surface area contributed by atoms with Crippen molar-refractivity contribution in [3.8, 4) is 5.75 Å². The van der Waals surface area contributed by atoms with Gasteiger partial charge in [0.2, 0.25) is 0 Å². The van der Waals surface area contributed by atoms with Crippen LogP contribution in [-0.4, -0.2) is 27.1 Å². The lowest BCUT2D eigenvalue weighted by atomic mass is 10.2. The largest absolute Gasteiger partial charge is 0.505 e. The molecule has 0 aliphatic heterocycles. The van der Waals surface area contributed by atoms with Crippen molar-refractivity contribution < 1.29 is 19.8 Å². The Morgan fingerprint density at radius 3 is 2.48 bits per heavy atom. The van der Waals surface area contributed by atoms with Crippen LogP contribution in [-0.2, 0) is 4.79 Å². The van der Waals surface area contributed by atoms with Gasteiger partial charge in [-0.1, -0.05) is 12.1 Å². The number of pyridine rings is 1. The number of benzene rings is 1. The van der Waals surface area contributed by atoms with E-state index in [9.17, 15) is 14.7 Å². The maximum atomic E-state index is 11.9. The van der Waals surface area contributed by atoms with Gasteiger partial charge in [-0.05, 0) is 29.8 Å². The van der Waals surface area contributed by atoms with Crippen molar-refractivity contribution >= 4 is 23.6 Å². The molecule has 1 heterocycles. The van der Waals surface area contributed by atoms with Crippen molar-refractivity contribution in [3.63, 3.8) is 0 Å². The first-order valence-electron chi connectivity index (χ1n) is 6.01. The van der Waals surface area contributed by atoms with Gasteiger partial charge in [0.1, 0.15) is 5.75 Å². The summed E-state index contributed by atoms with van der Waals surface area (Å²) in [5, 5.41) is 20.7. The Morgan fingerprint density at radius 1 is 1.14 bits per heavy atom. The van der Waals surface area contributed by atoms with Crippen molar-refractivity contribution in [3.05, 3.63) is 59.9 Å². The Labute approximate surface area is 120 Å². The molecular weight excluding hydrogens is 272 g/mol. The second kappa shape index (κ2) is 6.33. The molecule has 0 radical (unpaired) electrons. The monoisotopic (exact) mass is 284 g/mol. The molecule has 0 aliphatic carbocycles. The van der Waals surface area contributed by atoms with Gasteiger partial charge in [-0.25, -0.2) is 4.79 Å². The number of hydrogen-bond donors (Lipinski definition) is 3. The van der Waals surface area contributed by atoms with E-state index in [2.05, 4.69) is 10.3 Å². The quantitative estimate of drug-likeness (QED) is 0.747. The average Bonchev–Trinajstić information content (AvgIpc) is 2.47. The van der Waals surface area contributed by atoms with Crippen molar-refractivity contribution in [1.82, 2.24) is 4.98 Å². The van der Waals surface area contributed by atoms with Gasteiger partial charge in [-0.15, -0.1) is 0 Å². The van der Waals surface area contributed by atoms with Gasteiger partial charge in [0, 0.05) is 18.0 Å². The molecule has 2 aromatic rings. The summed E-state index contributed by atoms with van der Waals surface area (Å²) in [5.41, 5.74) is 1.35. The van der Waals surface area contributed by atoms with Gasteiger partial charge in [0.15, 0.2) is 0 Å². The molecule has 1 aromatic carbocycles. The van der Waals surface area contributed by atoms with E-state index in [1.165, 1.54) is 24.5 Å². The van der Waals surface area contributed by atoms with Crippen molar-refractivity contribution in [2.24, 2.45) is 0 Å². The van der Waals surface area contributed by atoms with Gasteiger partial charge in [-0.2, -0.15) is 0 Å². The SMILES string of the molecule is O=C(O)/C=C/c1ccc(NC(=O)c2ccncc2O)cc1. The summed E-state index contributed by atoms with van der Waals surface area (Å²) in [6.07, 6.45) is 5.08. The fourth-order valence-electron chi connectivity index (χ4n) is 1.62. The number of rotatable bonds is 4. The Bertz CT molecular complexity index is 693. The van der Waals surface area contributed by atoms with E-state index in [1.807, 2.05) is 0 Å². The highest BCUT2D eigenvalue weighted by molar-refractivity contribution is 6.06. The summed E-state index contributed by atoms with van der Waals surface area (Å²) in [4.78, 5) is 26.0. The Morgan fingerprint density at radius 2 is 1.86 bits per heavy atom. The summed E-state index contributed by atoms with van der Waals surface area (Å²) >= 11 is 0. The smallest absolute Gasteiger partial charge is 0.328 e. The summed E-state index contributed by atoms with van der Waals surface area (Å²) in [6.45, 7) is 0. The summed E-state index contributed by atoms with van der Waals surface area (Å²) in [6, 6.07) is 8.02. The summed E-state index contributed by atoms with van der Waals surface area (Å²) in [5.74, 6) is -1.68. The van der Waals surface area contributed by atoms with Crippen LogP contribution in [0.5, 0.6) is 5.75 Å². The minimum absolute atomic E-state index is 0.125. The maximum absolute atomic E-state index is 11.9. The number of carboxylic acid groups (broad SMARTS) is 1.